The first-order chi connectivity index (χ1) is 29.4. The van der Waals surface area contributed by atoms with Crippen LogP contribution in [0, 0.1) is 28.8 Å². The van der Waals surface area contributed by atoms with Crippen molar-refractivity contribution in [2.45, 2.75) is 82.4 Å². The number of piperidine rings is 1. The summed E-state index contributed by atoms with van der Waals surface area (Å²) in [5.74, 6) is -2.61. The molecule has 0 radical (unpaired) electrons. The van der Waals surface area contributed by atoms with Crippen LogP contribution in [0.5, 0.6) is 11.5 Å². The molecule has 2 aliphatic heterocycles. The number of benzene rings is 3. The van der Waals surface area contributed by atoms with Crippen molar-refractivity contribution in [3.8, 4) is 17.6 Å². The van der Waals surface area contributed by atoms with Crippen LogP contribution in [0.15, 0.2) is 47.5 Å². The monoisotopic (exact) mass is 858 g/mol. The van der Waals surface area contributed by atoms with Crippen LogP contribution in [0.25, 0.3) is 21.8 Å². The summed E-state index contributed by atoms with van der Waals surface area (Å²) in [6, 6.07) is 10.2. The number of hydrogen-bond acceptors (Lipinski definition) is 11. The van der Waals surface area contributed by atoms with Gasteiger partial charge in [-0.3, -0.25) is 18.9 Å². The Morgan fingerprint density at radius 1 is 1.07 bits per heavy atom. The Balaban J connectivity index is 0.915. The number of urea groups is 1. The maximum Gasteiger partial charge on any atom is 0.320 e. The number of nitriles is 1. The Bertz CT molecular complexity index is 2580. The van der Waals surface area contributed by atoms with E-state index in [0.29, 0.717) is 47.8 Å². The van der Waals surface area contributed by atoms with Crippen molar-refractivity contribution < 1.29 is 27.4 Å². The molecule has 3 fully saturated rings. The third-order valence-corrected chi connectivity index (χ3v) is 13.7. The summed E-state index contributed by atoms with van der Waals surface area (Å²) in [7, 11) is 3.52. The molecular weight excluding hydrogens is 810 g/mol. The molecule has 322 valence electrons. The molecule has 1 spiro atoms. The second-order valence-corrected chi connectivity index (χ2v) is 17.2. The van der Waals surface area contributed by atoms with Crippen LogP contribution in [-0.4, -0.2) is 86.0 Å². The third-order valence-electron chi connectivity index (χ3n) is 12.8. The van der Waals surface area contributed by atoms with E-state index < -0.39 is 40.3 Å². The maximum atomic E-state index is 16.2. The third kappa shape index (κ3) is 7.88. The van der Waals surface area contributed by atoms with Gasteiger partial charge in [0.1, 0.15) is 22.5 Å². The molecule has 2 aromatic heterocycles. The van der Waals surface area contributed by atoms with E-state index >= 15 is 13.2 Å². The zero-order valence-corrected chi connectivity index (χ0v) is 35.4. The van der Waals surface area contributed by atoms with Gasteiger partial charge in [-0.15, -0.1) is 0 Å². The van der Waals surface area contributed by atoms with Crippen LogP contribution in [-0.2, 0) is 11.8 Å². The molecule has 8 rings (SSSR count). The van der Waals surface area contributed by atoms with Gasteiger partial charge in [-0.2, -0.15) is 10.4 Å². The van der Waals surface area contributed by atoms with Gasteiger partial charge in [0.25, 0.3) is 5.56 Å². The molecule has 1 unspecified atom stereocenters. The van der Waals surface area contributed by atoms with Crippen LogP contribution >= 0.6 is 12.1 Å². The first-order valence-corrected chi connectivity index (χ1v) is 21.5. The van der Waals surface area contributed by atoms with Crippen LogP contribution in [0.2, 0.25) is 0 Å². The Morgan fingerprint density at radius 2 is 1.82 bits per heavy atom. The van der Waals surface area contributed by atoms with Gasteiger partial charge in [-0.1, -0.05) is 13.0 Å². The predicted octanol–water partition coefficient (Wildman–Crippen LogP) is 7.72. The molecule has 2 amide bonds. The van der Waals surface area contributed by atoms with Crippen molar-refractivity contribution in [1.82, 2.24) is 28.5 Å². The zero-order valence-electron chi connectivity index (χ0n) is 34.6. The lowest BCUT2D eigenvalue weighted by Gasteiger charge is -2.44. The molecule has 1 saturated carbocycles. The smallest absolute Gasteiger partial charge is 0.320 e. The number of ether oxygens (including phenoxy) is 2. The maximum absolute atomic E-state index is 16.2. The average molecular weight is 859 g/mol. The molecule has 18 heteroatoms. The lowest BCUT2D eigenvalue weighted by molar-refractivity contribution is -0.0540. The Morgan fingerprint density at radius 3 is 2.51 bits per heavy atom. The molecule has 0 bridgehead atoms. The van der Waals surface area contributed by atoms with Gasteiger partial charge in [0.2, 0.25) is 0 Å². The molecular formula is C43H49F3N10O4S. The van der Waals surface area contributed by atoms with Gasteiger partial charge in [-0.05, 0) is 101 Å². The van der Waals surface area contributed by atoms with E-state index in [4.69, 9.17) is 15.2 Å². The number of anilines is 2. The van der Waals surface area contributed by atoms with Crippen molar-refractivity contribution in [2.75, 3.05) is 49.5 Å². The highest BCUT2D eigenvalue weighted by atomic mass is 32.2. The minimum Gasteiger partial charge on any atom is -0.450 e. The highest BCUT2D eigenvalue weighted by molar-refractivity contribution is 7.98. The number of aromatic nitrogens is 4. The number of halogens is 3. The van der Waals surface area contributed by atoms with Crippen molar-refractivity contribution in [1.29, 1.82) is 5.26 Å². The van der Waals surface area contributed by atoms with Gasteiger partial charge in [0.05, 0.1) is 35.8 Å². The summed E-state index contributed by atoms with van der Waals surface area (Å²) in [5.41, 5.74) is 5.82. The molecule has 14 nitrogen and oxygen atoms in total. The van der Waals surface area contributed by atoms with Gasteiger partial charge >= 0.3 is 6.03 Å². The number of carbonyl (C=O) groups excluding carboxylic acids is 1. The molecule has 3 aromatic carbocycles. The van der Waals surface area contributed by atoms with E-state index in [9.17, 15) is 14.9 Å². The summed E-state index contributed by atoms with van der Waals surface area (Å²) in [4.78, 5) is 34.2. The van der Waals surface area contributed by atoms with Gasteiger partial charge in [0, 0.05) is 56.8 Å². The molecule has 3 aliphatic rings. The minimum atomic E-state index is -0.999. The zero-order chi connectivity index (χ0) is 43.2. The number of nitrogens with two attached hydrogens (primary N) is 1. The normalized spacial score (nSPS) is 20.4. The quantitative estimate of drug-likeness (QED) is 0.125. The summed E-state index contributed by atoms with van der Waals surface area (Å²) in [6.07, 6.45) is 7.07. The molecule has 3 N–H and O–H groups in total. The Labute approximate surface area is 355 Å². The van der Waals surface area contributed by atoms with E-state index in [1.54, 1.807) is 14.0 Å². The van der Waals surface area contributed by atoms with Crippen molar-refractivity contribution in [2.24, 2.45) is 12.8 Å². The molecule has 1 aliphatic carbocycles. The minimum absolute atomic E-state index is 0.0653. The van der Waals surface area contributed by atoms with Gasteiger partial charge in [0.15, 0.2) is 34.8 Å². The summed E-state index contributed by atoms with van der Waals surface area (Å²) < 4.78 is 67.3. The number of amides is 2. The molecule has 1 atom stereocenters. The first-order valence-electron chi connectivity index (χ1n) is 20.7. The van der Waals surface area contributed by atoms with E-state index in [1.165, 1.54) is 50.8 Å². The number of nitrogens with one attached hydrogen (secondary N) is 1. The number of hydrogen-bond donors (Lipinski definition) is 2. The van der Waals surface area contributed by atoms with Crippen LogP contribution in [0.4, 0.5) is 29.5 Å². The number of fused-ring (bicyclic) bond motifs is 2. The standard InChI is InChI=1S/C43H49F3N10O4S/c1-5-52(3)61-51-32-14-13-31(44)39(30(32)22-47)60-34-16-15-33-35(37(34)46)41(57)56(24-49-33)27-21-43(59-23-27)17-19-54(20-18-43)26-9-7-25(8-10-26)28-11-12-29-38(36(28)45)53(4)50-40(29)55(6-2)42(48)58/h11-16,24-27,51H,5-10,17-21,23H2,1-4H3,(H2,48,58). The Hall–Kier alpha value is -5.35. The van der Waals surface area contributed by atoms with E-state index in [0.717, 1.165) is 57.7 Å². The molecule has 5 aromatic rings. The van der Waals surface area contributed by atoms with Crippen LogP contribution in [0.3, 0.4) is 0 Å². The first kappa shape index (κ1) is 42.3. The van der Waals surface area contributed by atoms with Gasteiger partial charge < -0.3 is 24.8 Å². The fourth-order valence-electron chi connectivity index (χ4n) is 9.30. The number of aryl methyl sites for hydroxylation is 1. The van der Waals surface area contributed by atoms with Crippen molar-refractivity contribution in [3.63, 3.8) is 0 Å². The van der Waals surface area contributed by atoms with Crippen molar-refractivity contribution in [3.05, 3.63) is 81.7 Å². The molecule has 2 saturated heterocycles. The number of rotatable bonds is 11. The fraction of sp³-hybridized carbons (Fsp3) is 0.465. The van der Waals surface area contributed by atoms with Crippen LogP contribution < -0.4 is 25.7 Å². The summed E-state index contributed by atoms with van der Waals surface area (Å²) >= 11 is 1.21. The van der Waals surface area contributed by atoms with Gasteiger partial charge in [-0.25, -0.2) is 27.3 Å². The number of nitrogens with zero attached hydrogens (tertiary/aromatic N) is 8. The van der Waals surface area contributed by atoms with E-state index in [1.807, 2.05) is 36.5 Å². The topological polar surface area (TPSA) is 160 Å². The average Bonchev–Trinajstić information content (AvgIpc) is 3.82. The molecule has 61 heavy (non-hydrogen) atoms. The summed E-state index contributed by atoms with van der Waals surface area (Å²) in [6.45, 7) is 6.68. The second kappa shape index (κ2) is 17.2. The predicted molar refractivity (Wildman–Crippen MR) is 228 cm³/mol. The van der Waals surface area contributed by atoms with Crippen molar-refractivity contribution >= 4 is 51.5 Å². The molecule has 4 heterocycles. The number of primary amides is 1. The van der Waals surface area contributed by atoms with Crippen LogP contribution in [0.1, 0.15) is 81.9 Å². The SMILES string of the molecule is CCN(C)SNc1ccc(F)c(Oc2ccc3ncn(C4COC5(CCN(C6CCC(c7ccc8c(N(CC)C(N)=O)nn(C)c8c7F)CC6)CC5)C4)c(=O)c3c2F)c1C#N. The lowest BCUT2D eigenvalue weighted by atomic mass is 9.79. The number of likely N-dealkylation sites (tertiary alicyclic amines) is 1. The second-order valence-electron chi connectivity index (χ2n) is 16.2. The lowest BCUT2D eigenvalue weighted by Crippen LogP contribution is -2.49. The highest BCUT2D eigenvalue weighted by Crippen LogP contribution is 2.44. The highest BCUT2D eigenvalue weighted by Gasteiger charge is 2.45. The van der Waals surface area contributed by atoms with E-state index in [-0.39, 0.29) is 46.5 Å². The van der Waals surface area contributed by atoms with E-state index in [2.05, 4.69) is 19.7 Å². The Kier molecular flexibility index (Phi) is 11.9. The largest absolute Gasteiger partial charge is 0.450 e. The summed E-state index contributed by atoms with van der Waals surface area (Å²) in [5, 5.41) is 14.6. The fourth-order valence-corrected chi connectivity index (χ4v) is 9.85. The number of carbonyl (C=O) groups is 1.